The van der Waals surface area contributed by atoms with Crippen LogP contribution in [0.3, 0.4) is 0 Å². The average Bonchev–Trinajstić information content (AvgIpc) is 2.51. The van der Waals surface area contributed by atoms with Gasteiger partial charge in [-0.1, -0.05) is 0 Å². The van der Waals surface area contributed by atoms with Crippen molar-refractivity contribution >= 4 is 23.5 Å². The minimum atomic E-state index is 0.705. The molecular weight excluding hydrogens is 188 g/mol. The number of allylic oxidation sites excluding steroid dienone is 2. The Hall–Kier alpha value is 0.400. The molecule has 0 fully saturated rings. The summed E-state index contributed by atoms with van der Waals surface area (Å²) in [6, 6.07) is 0. The van der Waals surface area contributed by atoms with E-state index in [-0.39, 0.29) is 0 Å². The first-order valence-electron chi connectivity index (χ1n) is 4.40. The summed E-state index contributed by atoms with van der Waals surface area (Å²) in [6.07, 6.45) is 4.05. The lowest BCUT2D eigenvalue weighted by molar-refractivity contribution is 0.204. The van der Waals surface area contributed by atoms with Crippen LogP contribution in [-0.4, -0.2) is 24.7 Å². The van der Waals surface area contributed by atoms with Crippen LogP contribution in [0.1, 0.15) is 19.3 Å². The van der Waals surface area contributed by atoms with Gasteiger partial charge in [0.1, 0.15) is 0 Å². The van der Waals surface area contributed by atoms with Crippen LogP contribution < -0.4 is 0 Å². The van der Waals surface area contributed by atoms with Gasteiger partial charge < -0.3 is 4.74 Å². The quantitative estimate of drug-likeness (QED) is 0.681. The standard InChI is InChI=1S/C9H14OS2/c1-10-5-7-6-11-8-3-2-4-9(8)12-7/h7H,2-6H2,1H3. The second kappa shape index (κ2) is 4.07. The fourth-order valence-electron chi connectivity index (χ4n) is 1.66. The molecule has 3 heteroatoms. The van der Waals surface area contributed by atoms with Crippen molar-refractivity contribution in [2.24, 2.45) is 0 Å². The summed E-state index contributed by atoms with van der Waals surface area (Å²) in [5.74, 6) is 1.25. The molecule has 1 nitrogen and oxygen atoms in total. The van der Waals surface area contributed by atoms with E-state index in [4.69, 9.17) is 4.74 Å². The maximum Gasteiger partial charge on any atom is 0.0592 e. The Labute approximate surface area is 82.3 Å². The molecule has 68 valence electrons. The lowest BCUT2D eigenvalue weighted by Gasteiger charge is -2.21. The highest BCUT2D eigenvalue weighted by atomic mass is 32.2. The largest absolute Gasteiger partial charge is 0.383 e. The van der Waals surface area contributed by atoms with Crippen molar-refractivity contribution in [2.75, 3.05) is 19.5 Å². The fraction of sp³-hybridized carbons (Fsp3) is 0.778. The Morgan fingerprint density at radius 2 is 2.25 bits per heavy atom. The molecule has 0 radical (unpaired) electrons. The highest BCUT2D eigenvalue weighted by molar-refractivity contribution is 8.10. The van der Waals surface area contributed by atoms with Crippen LogP contribution in [-0.2, 0) is 4.74 Å². The summed E-state index contributed by atoms with van der Waals surface area (Å²) < 4.78 is 5.17. The van der Waals surface area contributed by atoms with Gasteiger partial charge in [0.15, 0.2) is 0 Å². The number of ether oxygens (including phenoxy) is 1. The zero-order valence-electron chi connectivity index (χ0n) is 7.34. The van der Waals surface area contributed by atoms with Crippen LogP contribution in [0.25, 0.3) is 0 Å². The number of methoxy groups -OCH3 is 1. The number of rotatable bonds is 2. The van der Waals surface area contributed by atoms with E-state index in [2.05, 4.69) is 23.5 Å². The van der Waals surface area contributed by atoms with Gasteiger partial charge in [0.2, 0.25) is 0 Å². The highest BCUT2D eigenvalue weighted by Crippen LogP contribution is 2.46. The second-order valence-corrected chi connectivity index (χ2v) is 5.72. The van der Waals surface area contributed by atoms with Crippen LogP contribution in [0.15, 0.2) is 9.81 Å². The first-order chi connectivity index (χ1) is 5.90. The predicted octanol–water partition coefficient (Wildman–Crippen LogP) is 2.88. The summed E-state index contributed by atoms with van der Waals surface area (Å²) in [4.78, 5) is 3.33. The van der Waals surface area contributed by atoms with Crippen molar-refractivity contribution < 1.29 is 4.74 Å². The first kappa shape index (κ1) is 8.97. The molecule has 0 aromatic rings. The zero-order valence-corrected chi connectivity index (χ0v) is 8.97. The molecule has 2 rings (SSSR count). The topological polar surface area (TPSA) is 9.23 Å². The Kier molecular flexibility index (Phi) is 3.05. The predicted molar refractivity (Wildman–Crippen MR) is 56.6 cm³/mol. The molecule has 0 N–H and O–H groups in total. The van der Waals surface area contributed by atoms with Gasteiger partial charge in [0.05, 0.1) is 6.61 Å². The molecule has 1 heterocycles. The maximum absolute atomic E-state index is 5.17. The summed E-state index contributed by atoms with van der Waals surface area (Å²) in [5, 5.41) is 0.705. The van der Waals surface area contributed by atoms with E-state index in [1.807, 2.05) is 0 Å². The summed E-state index contributed by atoms with van der Waals surface area (Å²) in [5.41, 5.74) is 0. The van der Waals surface area contributed by atoms with Gasteiger partial charge in [-0.05, 0) is 29.1 Å². The lowest BCUT2D eigenvalue weighted by Crippen LogP contribution is -2.16. The molecule has 1 unspecified atom stereocenters. The number of hydrogen-bond acceptors (Lipinski definition) is 3. The molecule has 2 aliphatic rings. The molecule has 0 spiro atoms. The Morgan fingerprint density at radius 1 is 1.42 bits per heavy atom. The monoisotopic (exact) mass is 202 g/mol. The average molecular weight is 202 g/mol. The third-order valence-corrected chi connectivity index (χ3v) is 5.30. The molecule has 12 heavy (non-hydrogen) atoms. The van der Waals surface area contributed by atoms with Crippen molar-refractivity contribution in [3.8, 4) is 0 Å². The van der Waals surface area contributed by atoms with Gasteiger partial charge in [0.25, 0.3) is 0 Å². The Bertz CT molecular complexity index is 201. The van der Waals surface area contributed by atoms with E-state index in [1.54, 1.807) is 16.9 Å². The zero-order chi connectivity index (χ0) is 8.39. The molecule has 0 saturated heterocycles. The van der Waals surface area contributed by atoms with Crippen LogP contribution in [0.2, 0.25) is 0 Å². The van der Waals surface area contributed by atoms with Gasteiger partial charge in [-0.2, -0.15) is 0 Å². The number of hydrogen-bond donors (Lipinski definition) is 0. The Balaban J connectivity index is 1.95. The summed E-state index contributed by atoms with van der Waals surface area (Å²) in [7, 11) is 1.80. The van der Waals surface area contributed by atoms with Gasteiger partial charge in [-0.3, -0.25) is 0 Å². The van der Waals surface area contributed by atoms with Crippen LogP contribution in [0.4, 0.5) is 0 Å². The maximum atomic E-state index is 5.17. The molecule has 0 aromatic heterocycles. The lowest BCUT2D eigenvalue weighted by atomic mass is 10.4. The van der Waals surface area contributed by atoms with Gasteiger partial charge in [0, 0.05) is 18.1 Å². The molecule has 1 aliphatic heterocycles. The molecule has 1 atom stereocenters. The van der Waals surface area contributed by atoms with E-state index < -0.39 is 0 Å². The third kappa shape index (κ3) is 1.83. The first-order valence-corrected chi connectivity index (χ1v) is 6.27. The van der Waals surface area contributed by atoms with Gasteiger partial charge >= 0.3 is 0 Å². The summed E-state index contributed by atoms with van der Waals surface area (Å²) >= 11 is 4.12. The van der Waals surface area contributed by atoms with Crippen LogP contribution in [0.5, 0.6) is 0 Å². The van der Waals surface area contributed by atoms with E-state index in [1.165, 1.54) is 25.0 Å². The van der Waals surface area contributed by atoms with E-state index in [0.717, 1.165) is 6.61 Å². The molecule has 1 aliphatic carbocycles. The summed E-state index contributed by atoms with van der Waals surface area (Å²) in [6.45, 7) is 0.911. The molecule has 0 aromatic carbocycles. The van der Waals surface area contributed by atoms with E-state index in [9.17, 15) is 0 Å². The second-order valence-electron chi connectivity index (χ2n) is 3.21. The number of thioether (sulfide) groups is 2. The van der Waals surface area contributed by atoms with Crippen LogP contribution >= 0.6 is 23.5 Å². The highest BCUT2D eigenvalue weighted by Gasteiger charge is 2.25. The Morgan fingerprint density at radius 3 is 3.08 bits per heavy atom. The van der Waals surface area contributed by atoms with Crippen molar-refractivity contribution in [1.29, 1.82) is 0 Å². The fourth-order valence-corrected chi connectivity index (χ4v) is 4.60. The molecule has 0 saturated carbocycles. The van der Waals surface area contributed by atoms with Crippen molar-refractivity contribution in [3.63, 3.8) is 0 Å². The van der Waals surface area contributed by atoms with Crippen LogP contribution in [0, 0.1) is 0 Å². The SMILES string of the molecule is COCC1CSC2=C(CCC2)S1. The third-order valence-electron chi connectivity index (χ3n) is 2.22. The van der Waals surface area contributed by atoms with Gasteiger partial charge in [-0.25, -0.2) is 0 Å². The minimum absolute atomic E-state index is 0.705. The minimum Gasteiger partial charge on any atom is -0.383 e. The molecular formula is C9H14OS2. The normalized spacial score (nSPS) is 29.2. The van der Waals surface area contributed by atoms with E-state index >= 15 is 0 Å². The van der Waals surface area contributed by atoms with E-state index in [0.29, 0.717) is 5.25 Å². The smallest absolute Gasteiger partial charge is 0.0592 e. The van der Waals surface area contributed by atoms with Crippen molar-refractivity contribution in [3.05, 3.63) is 9.81 Å². The molecule has 0 bridgehead atoms. The van der Waals surface area contributed by atoms with Crippen molar-refractivity contribution in [2.45, 2.75) is 24.5 Å². The van der Waals surface area contributed by atoms with Gasteiger partial charge in [-0.15, -0.1) is 23.5 Å². The molecule has 0 amide bonds. The van der Waals surface area contributed by atoms with Crippen molar-refractivity contribution in [1.82, 2.24) is 0 Å².